The summed E-state index contributed by atoms with van der Waals surface area (Å²) in [5, 5.41) is 2.59. The van der Waals surface area contributed by atoms with E-state index in [2.05, 4.69) is 10.3 Å². The molecule has 0 radical (unpaired) electrons. The van der Waals surface area contributed by atoms with Crippen molar-refractivity contribution in [3.05, 3.63) is 225 Å². The van der Waals surface area contributed by atoms with E-state index in [1.54, 1.807) is 74.9 Å². The van der Waals surface area contributed by atoms with Gasteiger partial charge in [0.1, 0.15) is 29.5 Å². The van der Waals surface area contributed by atoms with E-state index in [9.17, 15) is 32.3 Å². The number of methoxy groups -OCH3 is 2. The minimum atomic E-state index is -4.78. The molecule has 1 saturated heterocycles. The van der Waals surface area contributed by atoms with Gasteiger partial charge in [0.15, 0.2) is 12.3 Å². The molecule has 1 aliphatic rings. The number of ether oxygens (including phenoxy) is 6. The number of rotatable bonds is 17. The highest BCUT2D eigenvalue weighted by molar-refractivity contribution is 6.03. The van der Waals surface area contributed by atoms with Crippen LogP contribution in [0.4, 0.5) is 19.0 Å². The number of hydrogen-bond acceptors (Lipinski definition) is 11. The highest BCUT2D eigenvalue weighted by Gasteiger charge is 2.50. The summed E-state index contributed by atoms with van der Waals surface area (Å²) >= 11 is 0. The van der Waals surface area contributed by atoms with Crippen LogP contribution in [0.3, 0.4) is 0 Å². The number of hydrogen-bond donors (Lipinski definition) is 1. The van der Waals surface area contributed by atoms with Gasteiger partial charge < -0.3 is 33.7 Å². The van der Waals surface area contributed by atoms with Gasteiger partial charge in [0, 0.05) is 11.8 Å². The van der Waals surface area contributed by atoms with Crippen LogP contribution in [0.25, 0.3) is 0 Å². The quantitative estimate of drug-likeness (QED) is 0.0686. The lowest BCUT2D eigenvalue weighted by Gasteiger charge is -2.36. The molecule has 4 atom stereocenters. The fourth-order valence-corrected chi connectivity index (χ4v) is 8.33. The number of amides is 1. The highest BCUT2D eigenvalue weighted by atomic mass is 19.4. The SMILES string of the molecule is COc1ccc(C(OCC[C@H]2O[C@@H](n3ccc(NC(=O)c4ccccc4)nc3=O)[C@H](OC(=O)c3cccc(C(F)(F)F)c3)[C@@H]2COC(=O)c2ccccc2)(c2ccccc2)c2ccc(OC)cc2)cc1. The third-order valence-corrected chi connectivity index (χ3v) is 11.9. The first kappa shape index (κ1) is 48.4. The summed E-state index contributed by atoms with van der Waals surface area (Å²) in [6.07, 6.45) is -7.46. The lowest BCUT2D eigenvalue weighted by molar-refractivity contribution is -0.137. The average molecular weight is 954 g/mol. The van der Waals surface area contributed by atoms with Gasteiger partial charge in [-0.05, 0) is 95.9 Å². The van der Waals surface area contributed by atoms with Gasteiger partial charge in [0.25, 0.3) is 5.91 Å². The molecule has 13 nitrogen and oxygen atoms in total. The van der Waals surface area contributed by atoms with E-state index in [0.717, 1.165) is 39.5 Å². The maximum Gasteiger partial charge on any atom is 0.416 e. The van der Waals surface area contributed by atoms with Crippen molar-refractivity contribution in [1.29, 1.82) is 0 Å². The zero-order chi connectivity index (χ0) is 49.3. The summed E-state index contributed by atoms with van der Waals surface area (Å²) in [7, 11) is 3.13. The molecule has 16 heteroatoms. The van der Waals surface area contributed by atoms with Crippen LogP contribution in [0.5, 0.6) is 11.5 Å². The second kappa shape index (κ2) is 21.5. The second-order valence-corrected chi connectivity index (χ2v) is 16.1. The molecule has 1 fully saturated rings. The van der Waals surface area contributed by atoms with E-state index >= 15 is 0 Å². The fraction of sp³-hybridized carbons (Fsp3) is 0.204. The Balaban J connectivity index is 1.18. The van der Waals surface area contributed by atoms with Gasteiger partial charge in [0.2, 0.25) is 0 Å². The second-order valence-electron chi connectivity index (χ2n) is 16.1. The van der Waals surface area contributed by atoms with Crippen molar-refractivity contribution in [2.75, 3.05) is 32.8 Å². The maximum atomic E-state index is 14.0. The highest BCUT2D eigenvalue weighted by Crippen LogP contribution is 2.44. The number of aromatic nitrogens is 2. The van der Waals surface area contributed by atoms with Crippen LogP contribution in [-0.2, 0) is 30.7 Å². The van der Waals surface area contributed by atoms with Crippen LogP contribution in [-0.4, -0.2) is 67.0 Å². The van der Waals surface area contributed by atoms with Crippen molar-refractivity contribution < 1.29 is 56.0 Å². The average Bonchev–Trinajstić information content (AvgIpc) is 3.72. The first-order valence-electron chi connectivity index (χ1n) is 22.1. The van der Waals surface area contributed by atoms with Crippen LogP contribution in [0.2, 0.25) is 0 Å². The summed E-state index contributed by atoms with van der Waals surface area (Å²) in [4.78, 5) is 58.6. The van der Waals surface area contributed by atoms with Crippen molar-refractivity contribution >= 4 is 23.7 Å². The summed E-state index contributed by atoms with van der Waals surface area (Å²) < 4.78 is 79.4. The van der Waals surface area contributed by atoms with Crippen LogP contribution >= 0.6 is 0 Å². The molecule has 7 aromatic rings. The van der Waals surface area contributed by atoms with E-state index in [1.807, 2.05) is 78.9 Å². The van der Waals surface area contributed by atoms with Crippen LogP contribution < -0.4 is 20.5 Å². The van der Waals surface area contributed by atoms with E-state index in [0.29, 0.717) is 23.1 Å². The van der Waals surface area contributed by atoms with Crippen molar-refractivity contribution in [2.24, 2.45) is 5.92 Å². The molecular weight excluding hydrogens is 908 g/mol. The first-order chi connectivity index (χ1) is 33.9. The molecule has 358 valence electrons. The summed E-state index contributed by atoms with van der Waals surface area (Å²) in [5.41, 5.74) is -0.989. The van der Waals surface area contributed by atoms with Crippen molar-refractivity contribution in [3.63, 3.8) is 0 Å². The summed E-state index contributed by atoms with van der Waals surface area (Å²) in [6.45, 7) is -0.511. The van der Waals surface area contributed by atoms with Crippen LogP contribution in [0, 0.1) is 5.92 Å². The number of nitrogens with one attached hydrogen (secondary N) is 1. The predicted molar refractivity (Wildman–Crippen MR) is 251 cm³/mol. The zero-order valence-electron chi connectivity index (χ0n) is 37.8. The number of anilines is 1. The first-order valence-corrected chi connectivity index (χ1v) is 22.1. The van der Waals surface area contributed by atoms with Gasteiger partial charge in [-0.2, -0.15) is 18.2 Å². The minimum Gasteiger partial charge on any atom is -0.497 e. The van der Waals surface area contributed by atoms with Crippen LogP contribution in [0.1, 0.15) is 66.0 Å². The van der Waals surface area contributed by atoms with E-state index < -0.39 is 77.4 Å². The number of carbonyl (C=O) groups is 3. The summed E-state index contributed by atoms with van der Waals surface area (Å²) in [6, 6.07) is 45.8. The van der Waals surface area contributed by atoms with Gasteiger partial charge in [0.05, 0.1) is 49.5 Å². The number of alkyl halides is 3. The number of carbonyl (C=O) groups excluding carboxylic acids is 3. The topological polar surface area (TPSA) is 154 Å². The van der Waals surface area contributed by atoms with Gasteiger partial charge in [-0.25, -0.2) is 14.4 Å². The van der Waals surface area contributed by atoms with Crippen molar-refractivity contribution in [2.45, 2.75) is 36.6 Å². The van der Waals surface area contributed by atoms with Gasteiger partial charge in [-0.3, -0.25) is 9.36 Å². The zero-order valence-corrected chi connectivity index (χ0v) is 37.8. The Morgan fingerprint density at radius 3 is 1.77 bits per heavy atom. The molecule has 1 aliphatic heterocycles. The normalized spacial score (nSPS) is 16.8. The van der Waals surface area contributed by atoms with Gasteiger partial charge in [-0.1, -0.05) is 97.1 Å². The van der Waals surface area contributed by atoms with Gasteiger partial charge in [-0.15, -0.1) is 0 Å². The van der Waals surface area contributed by atoms with E-state index in [1.165, 1.54) is 12.3 Å². The van der Waals surface area contributed by atoms with Crippen molar-refractivity contribution in [1.82, 2.24) is 9.55 Å². The standard InChI is InChI=1S/C54H46F3N3O10/c1-65-42-25-21-39(22-26-42)53(38-18-10-5-11-19-38,40-23-27-43(66-2)28-24-40)68-32-30-45-44(34-67-50(62)36-15-8-4-9-16-36)47(70-51(63)37-17-12-20-41(33-37)54(55,56)57)49(69-45)60-31-29-46(59-52(60)64)58-48(61)35-13-6-3-7-14-35/h3-29,31,33,44-45,47,49H,30,32,34H2,1-2H3,(H,58,59,61,64)/t44-,45-,47-,49-/m1/s1. The molecule has 0 unspecified atom stereocenters. The Bertz CT molecular complexity index is 2910. The molecule has 1 amide bonds. The Morgan fingerprint density at radius 1 is 0.657 bits per heavy atom. The number of nitrogens with zero attached hydrogens (tertiary/aromatic N) is 2. The smallest absolute Gasteiger partial charge is 0.416 e. The Hall–Kier alpha value is -8.08. The Labute approximate surface area is 400 Å². The lowest BCUT2D eigenvalue weighted by atomic mass is 9.80. The molecule has 0 spiro atoms. The maximum absolute atomic E-state index is 14.0. The molecule has 70 heavy (non-hydrogen) atoms. The molecule has 1 N–H and O–H groups in total. The Morgan fingerprint density at radius 2 is 1.20 bits per heavy atom. The largest absolute Gasteiger partial charge is 0.497 e. The molecule has 8 rings (SSSR count). The van der Waals surface area contributed by atoms with E-state index in [4.69, 9.17) is 28.4 Å². The van der Waals surface area contributed by atoms with E-state index in [-0.39, 0.29) is 24.4 Å². The molecule has 6 aromatic carbocycles. The molecule has 0 bridgehead atoms. The van der Waals surface area contributed by atoms with Crippen LogP contribution in [0.15, 0.2) is 181 Å². The predicted octanol–water partition coefficient (Wildman–Crippen LogP) is 9.53. The third kappa shape index (κ3) is 10.8. The minimum absolute atomic E-state index is 0.0238. The monoisotopic (exact) mass is 953 g/mol. The number of esters is 2. The third-order valence-electron chi connectivity index (χ3n) is 11.9. The Kier molecular flexibility index (Phi) is 14.8. The number of halogens is 3. The summed E-state index contributed by atoms with van der Waals surface area (Å²) in [5.74, 6) is -2.36. The molecule has 0 aliphatic carbocycles. The molecule has 2 heterocycles. The lowest BCUT2D eigenvalue weighted by Crippen LogP contribution is -2.39. The fourth-order valence-electron chi connectivity index (χ4n) is 8.33. The van der Waals surface area contributed by atoms with Gasteiger partial charge >= 0.3 is 23.8 Å². The molecule has 0 saturated carbocycles. The molecular formula is C54H46F3N3O10. The molecule has 1 aromatic heterocycles. The number of benzene rings is 6. The van der Waals surface area contributed by atoms with Crippen molar-refractivity contribution in [3.8, 4) is 11.5 Å².